The second-order valence-electron chi connectivity index (χ2n) is 8.12. The standard InChI is InChI=1S/C23H25ClFN5O2/c1-14(2)27-21(31)13-30-22(15-3-5-19(25)18(24)11-15)28-20-6-4-16(12-17(20)23(30)32)29-9-7-26-8-10-29/h3-6,11-12,14,26H,7-10,13H2,1-2H3,(H,27,31). The Bertz CT molecular complexity index is 1220. The van der Waals surface area contributed by atoms with E-state index in [2.05, 4.69) is 20.5 Å². The van der Waals surface area contributed by atoms with Crippen molar-refractivity contribution in [3.63, 3.8) is 0 Å². The molecule has 2 N–H and O–H groups in total. The van der Waals surface area contributed by atoms with Gasteiger partial charge < -0.3 is 15.5 Å². The molecule has 1 saturated heterocycles. The quantitative estimate of drug-likeness (QED) is 0.616. The Balaban J connectivity index is 1.86. The summed E-state index contributed by atoms with van der Waals surface area (Å²) in [6, 6.07) is 9.64. The van der Waals surface area contributed by atoms with Crippen molar-refractivity contribution >= 4 is 34.1 Å². The second-order valence-corrected chi connectivity index (χ2v) is 8.52. The summed E-state index contributed by atoms with van der Waals surface area (Å²) in [5.41, 5.74) is 1.57. The SMILES string of the molecule is CC(C)NC(=O)Cn1c(-c2ccc(F)c(Cl)c2)nc2ccc(N3CCNCC3)cc2c1=O. The number of piperazine rings is 1. The van der Waals surface area contributed by atoms with Gasteiger partial charge in [0, 0.05) is 43.5 Å². The van der Waals surface area contributed by atoms with Crippen LogP contribution in [0.1, 0.15) is 13.8 Å². The van der Waals surface area contributed by atoms with Crippen molar-refractivity contribution in [2.45, 2.75) is 26.4 Å². The van der Waals surface area contributed by atoms with Crippen molar-refractivity contribution in [2.24, 2.45) is 0 Å². The molecular weight excluding hydrogens is 433 g/mol. The van der Waals surface area contributed by atoms with Crippen molar-refractivity contribution in [2.75, 3.05) is 31.1 Å². The van der Waals surface area contributed by atoms with Gasteiger partial charge in [-0.05, 0) is 50.2 Å². The van der Waals surface area contributed by atoms with Crippen LogP contribution in [-0.4, -0.2) is 47.7 Å². The maximum atomic E-state index is 13.7. The summed E-state index contributed by atoms with van der Waals surface area (Å²) >= 11 is 5.98. The number of rotatable bonds is 5. The van der Waals surface area contributed by atoms with Gasteiger partial charge in [0.1, 0.15) is 18.2 Å². The summed E-state index contributed by atoms with van der Waals surface area (Å²) < 4.78 is 15.1. The molecule has 2 heterocycles. The van der Waals surface area contributed by atoms with Crippen molar-refractivity contribution in [1.29, 1.82) is 0 Å². The molecule has 9 heteroatoms. The first-order valence-corrected chi connectivity index (χ1v) is 11.0. The lowest BCUT2D eigenvalue weighted by molar-refractivity contribution is -0.122. The molecular formula is C23H25ClFN5O2. The fraction of sp³-hybridized carbons (Fsp3) is 0.348. The molecule has 2 aromatic carbocycles. The third kappa shape index (κ3) is 4.61. The van der Waals surface area contributed by atoms with E-state index < -0.39 is 5.82 Å². The molecule has 1 amide bonds. The van der Waals surface area contributed by atoms with Crippen LogP contribution in [0.2, 0.25) is 5.02 Å². The molecule has 0 aliphatic carbocycles. The number of carbonyl (C=O) groups is 1. The second kappa shape index (κ2) is 9.26. The van der Waals surface area contributed by atoms with Gasteiger partial charge in [0.2, 0.25) is 5.91 Å². The first kappa shape index (κ1) is 22.2. The number of anilines is 1. The zero-order valence-electron chi connectivity index (χ0n) is 18.0. The van der Waals surface area contributed by atoms with E-state index in [0.29, 0.717) is 16.5 Å². The number of fused-ring (bicyclic) bond motifs is 1. The number of hydrogen-bond acceptors (Lipinski definition) is 5. The Morgan fingerprint density at radius 2 is 1.97 bits per heavy atom. The third-order valence-electron chi connectivity index (χ3n) is 5.35. The van der Waals surface area contributed by atoms with Gasteiger partial charge in [-0.1, -0.05) is 11.6 Å². The van der Waals surface area contributed by atoms with Crippen LogP contribution in [0.3, 0.4) is 0 Å². The molecule has 0 spiro atoms. The van der Waals surface area contributed by atoms with Gasteiger partial charge in [0.15, 0.2) is 0 Å². The maximum Gasteiger partial charge on any atom is 0.262 e. The van der Waals surface area contributed by atoms with Gasteiger partial charge in [-0.25, -0.2) is 9.37 Å². The van der Waals surface area contributed by atoms with Crippen LogP contribution in [0.15, 0.2) is 41.2 Å². The minimum absolute atomic E-state index is 0.0744. The topological polar surface area (TPSA) is 79.3 Å². The van der Waals surface area contributed by atoms with Crippen LogP contribution >= 0.6 is 11.6 Å². The summed E-state index contributed by atoms with van der Waals surface area (Å²) in [4.78, 5) is 32.9. The molecule has 0 atom stereocenters. The first-order chi connectivity index (χ1) is 15.3. The molecule has 7 nitrogen and oxygen atoms in total. The van der Waals surface area contributed by atoms with Gasteiger partial charge in [0.25, 0.3) is 5.56 Å². The number of hydrogen-bond donors (Lipinski definition) is 2. The van der Waals surface area contributed by atoms with Crippen LogP contribution in [0.25, 0.3) is 22.3 Å². The Kier molecular flexibility index (Phi) is 6.43. The number of nitrogens with zero attached hydrogens (tertiary/aromatic N) is 3. The van der Waals surface area contributed by atoms with Crippen molar-refractivity contribution in [3.8, 4) is 11.4 Å². The molecule has 0 unspecified atom stereocenters. The van der Waals surface area contributed by atoms with Crippen LogP contribution in [0.4, 0.5) is 10.1 Å². The molecule has 1 aliphatic rings. The predicted molar refractivity (Wildman–Crippen MR) is 125 cm³/mol. The van der Waals surface area contributed by atoms with Gasteiger partial charge in [-0.2, -0.15) is 0 Å². The Hall–Kier alpha value is -2.97. The zero-order chi connectivity index (χ0) is 22.8. The summed E-state index contributed by atoms with van der Waals surface area (Å²) in [5, 5.41) is 6.46. The number of aromatic nitrogens is 2. The molecule has 32 heavy (non-hydrogen) atoms. The van der Waals surface area contributed by atoms with E-state index in [0.717, 1.165) is 31.9 Å². The molecule has 0 saturated carbocycles. The van der Waals surface area contributed by atoms with Crippen molar-refractivity contribution < 1.29 is 9.18 Å². The van der Waals surface area contributed by atoms with E-state index >= 15 is 0 Å². The normalized spacial score (nSPS) is 14.2. The predicted octanol–water partition coefficient (Wildman–Crippen LogP) is 2.79. The molecule has 1 aromatic heterocycles. The van der Waals surface area contributed by atoms with Gasteiger partial charge in [-0.3, -0.25) is 14.2 Å². The highest BCUT2D eigenvalue weighted by Gasteiger charge is 2.19. The fourth-order valence-corrected chi connectivity index (χ4v) is 4.02. The maximum absolute atomic E-state index is 13.7. The smallest absolute Gasteiger partial charge is 0.262 e. The Morgan fingerprint density at radius 1 is 1.22 bits per heavy atom. The first-order valence-electron chi connectivity index (χ1n) is 10.6. The highest BCUT2D eigenvalue weighted by molar-refractivity contribution is 6.31. The monoisotopic (exact) mass is 457 g/mol. The number of halogens is 2. The molecule has 1 fully saturated rings. The Labute approximate surface area is 190 Å². The minimum Gasteiger partial charge on any atom is -0.369 e. The van der Waals surface area contributed by atoms with Crippen LogP contribution in [0.5, 0.6) is 0 Å². The van der Waals surface area contributed by atoms with Gasteiger partial charge in [0.05, 0.1) is 15.9 Å². The lowest BCUT2D eigenvalue weighted by Crippen LogP contribution is -2.43. The summed E-state index contributed by atoms with van der Waals surface area (Å²) in [6.45, 7) is 6.92. The summed E-state index contributed by atoms with van der Waals surface area (Å²) in [5.74, 6) is -0.613. The third-order valence-corrected chi connectivity index (χ3v) is 5.64. The van der Waals surface area contributed by atoms with Crippen LogP contribution < -0.4 is 21.1 Å². The van der Waals surface area contributed by atoms with Crippen molar-refractivity contribution in [3.05, 3.63) is 57.6 Å². The molecule has 4 rings (SSSR count). The number of benzene rings is 2. The molecule has 0 bridgehead atoms. The number of carbonyl (C=O) groups excluding carboxylic acids is 1. The largest absolute Gasteiger partial charge is 0.369 e. The average Bonchev–Trinajstić information content (AvgIpc) is 2.77. The zero-order valence-corrected chi connectivity index (χ0v) is 18.7. The number of nitrogens with one attached hydrogen (secondary N) is 2. The average molecular weight is 458 g/mol. The van der Waals surface area contributed by atoms with E-state index in [1.54, 1.807) is 6.07 Å². The van der Waals surface area contributed by atoms with Crippen molar-refractivity contribution in [1.82, 2.24) is 20.2 Å². The summed E-state index contributed by atoms with van der Waals surface area (Å²) in [7, 11) is 0. The molecule has 3 aromatic rings. The van der Waals surface area contributed by atoms with E-state index in [9.17, 15) is 14.0 Å². The lowest BCUT2D eigenvalue weighted by atomic mass is 10.1. The van der Waals surface area contributed by atoms with E-state index in [4.69, 9.17) is 11.6 Å². The molecule has 1 aliphatic heterocycles. The van der Waals surface area contributed by atoms with E-state index in [1.807, 2.05) is 26.0 Å². The highest BCUT2D eigenvalue weighted by atomic mass is 35.5. The van der Waals surface area contributed by atoms with E-state index in [-0.39, 0.29) is 34.9 Å². The summed E-state index contributed by atoms with van der Waals surface area (Å²) in [6.07, 6.45) is 0. The van der Waals surface area contributed by atoms with Gasteiger partial charge >= 0.3 is 0 Å². The Morgan fingerprint density at radius 3 is 2.66 bits per heavy atom. The van der Waals surface area contributed by atoms with E-state index in [1.165, 1.54) is 22.8 Å². The molecule has 0 radical (unpaired) electrons. The van der Waals surface area contributed by atoms with Gasteiger partial charge in [-0.15, -0.1) is 0 Å². The molecule has 168 valence electrons. The minimum atomic E-state index is -0.566. The lowest BCUT2D eigenvalue weighted by Gasteiger charge is -2.29. The van der Waals surface area contributed by atoms with Crippen LogP contribution in [-0.2, 0) is 11.3 Å². The van der Waals surface area contributed by atoms with Crippen LogP contribution in [0, 0.1) is 5.82 Å². The highest BCUT2D eigenvalue weighted by Crippen LogP contribution is 2.26. The number of amides is 1. The fourth-order valence-electron chi connectivity index (χ4n) is 3.84.